The second-order valence-corrected chi connectivity index (χ2v) is 6.40. The highest BCUT2D eigenvalue weighted by Gasteiger charge is 2.31. The first-order valence-electron chi connectivity index (χ1n) is 7.91. The van der Waals surface area contributed by atoms with Crippen LogP contribution in [0.25, 0.3) is 0 Å². The van der Waals surface area contributed by atoms with Gasteiger partial charge in [0.25, 0.3) is 0 Å². The van der Waals surface area contributed by atoms with Crippen LogP contribution in [0.3, 0.4) is 0 Å². The quantitative estimate of drug-likeness (QED) is 0.787. The summed E-state index contributed by atoms with van der Waals surface area (Å²) in [5.41, 5.74) is 2.90. The highest BCUT2D eigenvalue weighted by molar-refractivity contribution is 5.98. The van der Waals surface area contributed by atoms with Crippen LogP contribution < -0.4 is 0 Å². The Bertz CT molecular complexity index is 563. The molecule has 1 aromatic carbocycles. The monoisotopic (exact) mass is 303 g/mol. The van der Waals surface area contributed by atoms with Gasteiger partial charge in [0.05, 0.1) is 6.10 Å². The molecule has 1 fully saturated rings. The zero-order chi connectivity index (χ0) is 16.3. The predicted molar refractivity (Wildman–Crippen MR) is 85.8 cm³/mol. The van der Waals surface area contributed by atoms with Crippen LogP contribution >= 0.6 is 0 Å². The fourth-order valence-electron chi connectivity index (χ4n) is 2.48. The second-order valence-electron chi connectivity index (χ2n) is 6.40. The molecule has 0 bridgehead atoms. The summed E-state index contributed by atoms with van der Waals surface area (Å²) in [6, 6.07) is 5.63. The minimum atomic E-state index is -0.426. The molecule has 1 amide bonds. The van der Waals surface area contributed by atoms with E-state index in [1.54, 1.807) is 7.05 Å². The van der Waals surface area contributed by atoms with Crippen molar-refractivity contribution in [3.63, 3.8) is 0 Å². The molecule has 1 N–H and O–H groups in total. The number of rotatable bonds is 7. The predicted octanol–water partition coefficient (Wildman–Crippen LogP) is 2.50. The Morgan fingerprint density at radius 2 is 1.91 bits per heavy atom. The van der Waals surface area contributed by atoms with E-state index in [0.717, 1.165) is 24.0 Å². The lowest BCUT2D eigenvalue weighted by Crippen LogP contribution is -2.35. The molecule has 0 heterocycles. The molecular weight excluding hydrogens is 278 g/mol. The van der Waals surface area contributed by atoms with E-state index < -0.39 is 6.10 Å². The summed E-state index contributed by atoms with van der Waals surface area (Å²) in [4.78, 5) is 25.7. The van der Waals surface area contributed by atoms with E-state index >= 15 is 0 Å². The largest absolute Gasteiger partial charge is 0.391 e. The Morgan fingerprint density at radius 1 is 1.23 bits per heavy atom. The number of amides is 1. The normalized spacial score (nSPS) is 15.5. The highest BCUT2D eigenvalue weighted by atomic mass is 16.3. The van der Waals surface area contributed by atoms with Crippen molar-refractivity contribution >= 4 is 11.7 Å². The molecule has 1 saturated carbocycles. The zero-order valence-electron chi connectivity index (χ0n) is 13.6. The zero-order valence-corrected chi connectivity index (χ0v) is 13.6. The van der Waals surface area contributed by atoms with Gasteiger partial charge in [0.2, 0.25) is 5.91 Å². The standard InChI is InChI=1S/C18H25NO3/c1-12-4-5-15(10-13(12)2)16(20)8-9-18(22)19(3)11-17(21)14-6-7-14/h4-5,10,14,17,21H,6-9,11H2,1-3H3. The lowest BCUT2D eigenvalue weighted by Gasteiger charge is -2.20. The number of carbonyl (C=O) groups is 2. The number of aliphatic hydroxyl groups is 1. The summed E-state index contributed by atoms with van der Waals surface area (Å²) in [5, 5.41) is 9.86. The maximum atomic E-state index is 12.2. The molecule has 0 aromatic heterocycles. The lowest BCUT2D eigenvalue weighted by molar-refractivity contribution is -0.131. The molecule has 1 aromatic rings. The molecule has 2 rings (SSSR count). The fourth-order valence-corrected chi connectivity index (χ4v) is 2.48. The van der Waals surface area contributed by atoms with Crippen LogP contribution in [0, 0.1) is 19.8 Å². The van der Waals surface area contributed by atoms with Crippen molar-refractivity contribution in [2.75, 3.05) is 13.6 Å². The molecule has 0 spiro atoms. The minimum Gasteiger partial charge on any atom is -0.391 e. The summed E-state index contributed by atoms with van der Waals surface area (Å²) < 4.78 is 0. The van der Waals surface area contributed by atoms with Gasteiger partial charge in [-0.2, -0.15) is 0 Å². The number of aryl methyl sites for hydroxylation is 2. The molecule has 120 valence electrons. The van der Waals surface area contributed by atoms with E-state index in [1.807, 2.05) is 32.0 Å². The third kappa shape index (κ3) is 4.41. The van der Waals surface area contributed by atoms with Crippen molar-refractivity contribution in [2.45, 2.75) is 45.6 Å². The number of nitrogens with zero attached hydrogens (tertiary/aromatic N) is 1. The topological polar surface area (TPSA) is 57.6 Å². The Morgan fingerprint density at radius 3 is 2.50 bits per heavy atom. The van der Waals surface area contributed by atoms with Crippen LogP contribution in [0.2, 0.25) is 0 Å². The molecule has 22 heavy (non-hydrogen) atoms. The number of hydrogen-bond donors (Lipinski definition) is 1. The number of likely N-dealkylation sites (N-methyl/N-ethyl adjacent to an activating group) is 1. The van der Waals surface area contributed by atoms with Gasteiger partial charge < -0.3 is 10.0 Å². The molecule has 1 atom stereocenters. The van der Waals surface area contributed by atoms with Crippen LogP contribution in [0.15, 0.2) is 18.2 Å². The summed E-state index contributed by atoms with van der Waals surface area (Å²) >= 11 is 0. The van der Waals surface area contributed by atoms with Gasteiger partial charge in [0.1, 0.15) is 0 Å². The van der Waals surface area contributed by atoms with Crippen molar-refractivity contribution in [3.05, 3.63) is 34.9 Å². The van der Waals surface area contributed by atoms with Gasteiger partial charge >= 0.3 is 0 Å². The van der Waals surface area contributed by atoms with Crippen molar-refractivity contribution in [3.8, 4) is 0 Å². The molecule has 0 aliphatic heterocycles. The Kier molecular flexibility index (Phi) is 5.35. The number of aliphatic hydroxyl groups excluding tert-OH is 1. The summed E-state index contributed by atoms with van der Waals surface area (Å²) in [7, 11) is 1.69. The van der Waals surface area contributed by atoms with Gasteiger partial charge in [0, 0.05) is 32.0 Å². The van der Waals surface area contributed by atoms with E-state index in [-0.39, 0.29) is 24.5 Å². The average Bonchev–Trinajstić information content (AvgIpc) is 3.31. The van der Waals surface area contributed by atoms with Gasteiger partial charge in [-0.3, -0.25) is 9.59 Å². The first-order chi connectivity index (χ1) is 10.4. The molecule has 1 aliphatic rings. The number of Topliss-reactive ketones (excluding diaryl/α,β-unsaturated/α-hetero) is 1. The van der Waals surface area contributed by atoms with Crippen molar-refractivity contribution < 1.29 is 14.7 Å². The van der Waals surface area contributed by atoms with E-state index in [4.69, 9.17) is 0 Å². The fraction of sp³-hybridized carbons (Fsp3) is 0.556. The molecular formula is C18H25NO3. The second kappa shape index (κ2) is 7.05. The van der Waals surface area contributed by atoms with Gasteiger partial charge in [-0.05, 0) is 49.8 Å². The van der Waals surface area contributed by atoms with Crippen LogP contribution in [0.1, 0.15) is 47.2 Å². The maximum Gasteiger partial charge on any atom is 0.222 e. The third-order valence-corrected chi connectivity index (χ3v) is 4.45. The number of benzene rings is 1. The lowest BCUT2D eigenvalue weighted by atomic mass is 10.0. The van der Waals surface area contributed by atoms with Crippen molar-refractivity contribution in [2.24, 2.45) is 5.92 Å². The first-order valence-corrected chi connectivity index (χ1v) is 7.91. The molecule has 4 nitrogen and oxygen atoms in total. The summed E-state index contributed by atoms with van der Waals surface area (Å²) in [5.74, 6) is 0.261. The summed E-state index contributed by atoms with van der Waals surface area (Å²) in [6.45, 7) is 4.35. The number of carbonyl (C=O) groups excluding carboxylic acids is 2. The Labute approximate surface area is 132 Å². The number of hydrogen-bond acceptors (Lipinski definition) is 3. The molecule has 4 heteroatoms. The van der Waals surface area contributed by atoms with Crippen molar-refractivity contribution in [1.82, 2.24) is 4.90 Å². The van der Waals surface area contributed by atoms with E-state index in [9.17, 15) is 14.7 Å². The van der Waals surface area contributed by atoms with Gasteiger partial charge in [-0.1, -0.05) is 12.1 Å². The smallest absolute Gasteiger partial charge is 0.222 e. The van der Waals surface area contributed by atoms with Crippen molar-refractivity contribution in [1.29, 1.82) is 0 Å². The Hall–Kier alpha value is -1.68. The van der Waals surface area contributed by atoms with Crippen LogP contribution in [-0.2, 0) is 4.79 Å². The summed E-state index contributed by atoms with van der Waals surface area (Å²) in [6.07, 6.45) is 2.08. The highest BCUT2D eigenvalue weighted by Crippen LogP contribution is 2.32. The SMILES string of the molecule is Cc1ccc(C(=O)CCC(=O)N(C)CC(O)C2CC2)cc1C. The maximum absolute atomic E-state index is 12.2. The molecule has 0 saturated heterocycles. The van der Waals surface area contributed by atoms with Crippen LogP contribution in [-0.4, -0.2) is 41.4 Å². The van der Waals surface area contributed by atoms with Gasteiger partial charge in [-0.25, -0.2) is 0 Å². The van der Waals surface area contributed by atoms with Gasteiger partial charge in [0.15, 0.2) is 5.78 Å². The average molecular weight is 303 g/mol. The molecule has 1 aliphatic carbocycles. The Balaban J connectivity index is 1.81. The van der Waals surface area contributed by atoms with Crippen LogP contribution in [0.5, 0.6) is 0 Å². The van der Waals surface area contributed by atoms with E-state index in [1.165, 1.54) is 4.90 Å². The molecule has 0 radical (unpaired) electrons. The van der Waals surface area contributed by atoms with E-state index in [2.05, 4.69) is 0 Å². The molecule has 1 unspecified atom stereocenters. The van der Waals surface area contributed by atoms with Crippen LogP contribution in [0.4, 0.5) is 0 Å². The minimum absolute atomic E-state index is 0.00686. The van der Waals surface area contributed by atoms with Gasteiger partial charge in [-0.15, -0.1) is 0 Å². The van der Waals surface area contributed by atoms with E-state index in [0.29, 0.717) is 18.0 Å². The first kappa shape index (κ1) is 16.7. The third-order valence-electron chi connectivity index (χ3n) is 4.45. The number of ketones is 1.